The summed E-state index contributed by atoms with van der Waals surface area (Å²) in [6, 6.07) is 15.2. The zero-order valence-electron chi connectivity index (χ0n) is 18.4. The summed E-state index contributed by atoms with van der Waals surface area (Å²) in [6.07, 6.45) is 1.81. The molecule has 0 spiro atoms. The minimum Gasteiger partial charge on any atom is -0.423 e. The molecule has 0 aliphatic heterocycles. The zero-order chi connectivity index (χ0) is 24.5. The number of ether oxygens (including phenoxy) is 1. The average molecular weight is 463 g/mol. The Morgan fingerprint density at radius 1 is 1.06 bits per heavy atom. The van der Waals surface area contributed by atoms with Crippen LogP contribution in [0.2, 0.25) is 0 Å². The molecule has 0 bridgehead atoms. The van der Waals surface area contributed by atoms with E-state index < -0.39 is 11.9 Å². The van der Waals surface area contributed by atoms with Crippen LogP contribution in [-0.2, 0) is 11.2 Å². The van der Waals surface area contributed by atoms with E-state index in [4.69, 9.17) is 26.7 Å². The van der Waals surface area contributed by atoms with E-state index in [9.17, 15) is 9.59 Å². The van der Waals surface area contributed by atoms with Crippen LogP contribution in [0.1, 0.15) is 27.9 Å². The highest BCUT2D eigenvalue weighted by molar-refractivity contribution is 6.00. The molecule has 3 aromatic carbocycles. The molecule has 0 saturated heterocycles. The van der Waals surface area contributed by atoms with Gasteiger partial charge in [-0.2, -0.15) is 0 Å². The van der Waals surface area contributed by atoms with Gasteiger partial charge in [-0.3, -0.25) is 10.2 Å². The molecule has 0 unspecified atom stereocenters. The first-order valence-corrected chi connectivity index (χ1v) is 10.5. The summed E-state index contributed by atoms with van der Waals surface area (Å²) < 4.78 is 5.67. The van der Waals surface area contributed by atoms with Crippen molar-refractivity contribution in [2.75, 3.05) is 13.2 Å². The number of aliphatic imine (C=N–C) groups is 1. The van der Waals surface area contributed by atoms with Gasteiger partial charge in [-0.1, -0.05) is 18.2 Å². The van der Waals surface area contributed by atoms with Gasteiger partial charge < -0.3 is 26.7 Å². The lowest BCUT2D eigenvalue weighted by molar-refractivity contribution is -0.117. The van der Waals surface area contributed by atoms with Crippen molar-refractivity contribution in [2.45, 2.75) is 12.8 Å². The third kappa shape index (κ3) is 6.37. The van der Waals surface area contributed by atoms with Gasteiger partial charge in [0.1, 0.15) is 17.9 Å². The largest absolute Gasteiger partial charge is 0.423 e. The number of nitrogens with one attached hydrogen (secondary N) is 3. The summed E-state index contributed by atoms with van der Waals surface area (Å²) in [6.45, 7) is 0.378. The van der Waals surface area contributed by atoms with Crippen LogP contribution in [0.15, 0.2) is 59.6 Å². The van der Waals surface area contributed by atoms with E-state index in [1.165, 1.54) is 6.34 Å². The standard InChI is InChI=1S/C24H26N6O4/c25-22(32)10-8-20-19-7-3-17(23(26)27)13-16(19)4-9-21(20)34-24(33)15-1-5-18(6-2-15)28-14-30-29-11-12-31/h1-7,9,13-14,29,31H,8,10-12H2,(H2,25,32)(H3,26,27)(H,28,30). The van der Waals surface area contributed by atoms with E-state index >= 15 is 0 Å². The number of nitrogen functional groups attached to an aromatic ring is 1. The smallest absolute Gasteiger partial charge is 0.343 e. The van der Waals surface area contributed by atoms with Gasteiger partial charge in [0.15, 0.2) is 0 Å². The number of amides is 1. The molecule has 0 aromatic heterocycles. The first-order valence-electron chi connectivity index (χ1n) is 10.5. The maximum Gasteiger partial charge on any atom is 0.343 e. The molecule has 10 heteroatoms. The number of primary amides is 1. The Morgan fingerprint density at radius 2 is 1.79 bits per heavy atom. The van der Waals surface area contributed by atoms with Crippen molar-refractivity contribution < 1.29 is 19.4 Å². The number of nitrogens with two attached hydrogens (primary N) is 2. The van der Waals surface area contributed by atoms with Gasteiger partial charge >= 0.3 is 5.97 Å². The fourth-order valence-corrected chi connectivity index (χ4v) is 3.27. The molecule has 176 valence electrons. The number of rotatable bonds is 11. The van der Waals surface area contributed by atoms with Gasteiger partial charge in [0.05, 0.1) is 17.9 Å². The summed E-state index contributed by atoms with van der Waals surface area (Å²) >= 11 is 0. The van der Waals surface area contributed by atoms with Crippen LogP contribution in [0.4, 0.5) is 5.69 Å². The molecule has 0 saturated carbocycles. The molecule has 0 radical (unpaired) electrons. The number of esters is 1. The molecule has 0 fully saturated rings. The number of fused-ring (bicyclic) bond motifs is 1. The number of aryl methyl sites for hydroxylation is 1. The Labute approximate surface area is 196 Å². The number of benzene rings is 3. The Kier molecular flexibility index (Phi) is 8.27. The molecule has 0 aliphatic carbocycles. The molecule has 0 heterocycles. The van der Waals surface area contributed by atoms with Gasteiger partial charge in [-0.05, 0) is 53.6 Å². The Bertz CT molecular complexity index is 1220. The monoisotopic (exact) mass is 462 g/mol. The van der Waals surface area contributed by atoms with Gasteiger partial charge in [-0.15, -0.1) is 0 Å². The van der Waals surface area contributed by atoms with E-state index in [1.54, 1.807) is 54.6 Å². The molecule has 1 amide bonds. The summed E-state index contributed by atoms with van der Waals surface area (Å²) in [7, 11) is 0. The van der Waals surface area contributed by atoms with E-state index in [0.717, 1.165) is 10.8 Å². The number of hydrazine groups is 1. The van der Waals surface area contributed by atoms with Crippen LogP contribution in [0.3, 0.4) is 0 Å². The van der Waals surface area contributed by atoms with Crippen molar-refractivity contribution in [3.63, 3.8) is 0 Å². The predicted octanol–water partition coefficient (Wildman–Crippen LogP) is 1.51. The molecular weight excluding hydrogens is 436 g/mol. The fourth-order valence-electron chi connectivity index (χ4n) is 3.27. The van der Waals surface area contributed by atoms with Crippen LogP contribution < -0.4 is 27.1 Å². The van der Waals surface area contributed by atoms with Crippen LogP contribution in [0, 0.1) is 5.41 Å². The average Bonchev–Trinajstić information content (AvgIpc) is 2.83. The highest BCUT2D eigenvalue weighted by atomic mass is 16.5. The minimum atomic E-state index is -0.557. The minimum absolute atomic E-state index is 0.00144. The maximum atomic E-state index is 12.8. The van der Waals surface area contributed by atoms with E-state index in [-0.39, 0.29) is 18.9 Å². The number of carbonyl (C=O) groups excluding carboxylic acids is 2. The van der Waals surface area contributed by atoms with Crippen molar-refractivity contribution in [1.82, 2.24) is 10.9 Å². The SMILES string of the molecule is N=C(N)c1ccc2c(CCC(N)=O)c(OC(=O)c3ccc(N=CNNCCO)cc3)ccc2c1. The van der Waals surface area contributed by atoms with Crippen molar-refractivity contribution in [1.29, 1.82) is 5.41 Å². The second-order valence-corrected chi connectivity index (χ2v) is 7.35. The number of hydrogen-bond acceptors (Lipinski definition) is 7. The maximum absolute atomic E-state index is 12.8. The molecule has 3 rings (SSSR count). The highest BCUT2D eigenvalue weighted by Crippen LogP contribution is 2.31. The molecule has 0 atom stereocenters. The zero-order valence-corrected chi connectivity index (χ0v) is 18.4. The Hall–Kier alpha value is -4.28. The topological polar surface area (TPSA) is 176 Å². The van der Waals surface area contributed by atoms with Crippen molar-refractivity contribution in [3.8, 4) is 5.75 Å². The van der Waals surface area contributed by atoms with Gasteiger partial charge in [0.25, 0.3) is 0 Å². The molecule has 8 N–H and O–H groups in total. The fraction of sp³-hybridized carbons (Fsp3) is 0.167. The van der Waals surface area contributed by atoms with Gasteiger partial charge in [-0.25, -0.2) is 15.2 Å². The molecular formula is C24H26N6O4. The molecule has 3 aromatic rings. The van der Waals surface area contributed by atoms with Crippen molar-refractivity contribution in [3.05, 3.63) is 71.3 Å². The van der Waals surface area contributed by atoms with Crippen molar-refractivity contribution in [2.24, 2.45) is 16.5 Å². The second-order valence-electron chi connectivity index (χ2n) is 7.35. The second kappa shape index (κ2) is 11.5. The molecule has 34 heavy (non-hydrogen) atoms. The number of carbonyl (C=O) groups is 2. The van der Waals surface area contributed by atoms with Crippen LogP contribution >= 0.6 is 0 Å². The van der Waals surface area contributed by atoms with Crippen LogP contribution in [-0.4, -0.2) is 42.3 Å². The van der Waals surface area contributed by atoms with E-state index in [0.29, 0.717) is 41.1 Å². The number of aliphatic hydroxyl groups excluding tert-OH is 1. The van der Waals surface area contributed by atoms with Gasteiger partial charge in [0, 0.05) is 24.1 Å². The third-order valence-corrected chi connectivity index (χ3v) is 4.94. The van der Waals surface area contributed by atoms with Crippen LogP contribution in [0.5, 0.6) is 5.75 Å². The highest BCUT2D eigenvalue weighted by Gasteiger charge is 2.16. The lowest BCUT2D eigenvalue weighted by Crippen LogP contribution is -2.32. The number of nitrogens with zero attached hydrogens (tertiary/aromatic N) is 1. The summed E-state index contributed by atoms with van der Waals surface area (Å²) in [5.74, 6) is -0.748. The van der Waals surface area contributed by atoms with Gasteiger partial charge in [0.2, 0.25) is 5.91 Å². The van der Waals surface area contributed by atoms with Crippen LogP contribution in [0.25, 0.3) is 10.8 Å². The third-order valence-electron chi connectivity index (χ3n) is 4.94. The lowest BCUT2D eigenvalue weighted by atomic mass is 9.97. The Balaban J connectivity index is 1.81. The first-order chi connectivity index (χ1) is 16.4. The van der Waals surface area contributed by atoms with E-state index in [2.05, 4.69) is 15.8 Å². The summed E-state index contributed by atoms with van der Waals surface area (Å²) in [4.78, 5) is 28.4. The lowest BCUT2D eigenvalue weighted by Gasteiger charge is -2.14. The van der Waals surface area contributed by atoms with Crippen molar-refractivity contribution >= 4 is 40.5 Å². The normalized spacial score (nSPS) is 11.0. The summed E-state index contributed by atoms with van der Waals surface area (Å²) in [5, 5.41) is 17.9. The number of amidine groups is 1. The molecule has 0 aliphatic rings. The summed E-state index contributed by atoms with van der Waals surface area (Å²) in [5.41, 5.74) is 18.6. The predicted molar refractivity (Wildman–Crippen MR) is 130 cm³/mol. The Morgan fingerprint density at radius 3 is 2.47 bits per heavy atom. The van der Waals surface area contributed by atoms with E-state index in [1.807, 2.05) is 0 Å². The number of hydrogen-bond donors (Lipinski definition) is 6. The number of aliphatic hydroxyl groups is 1. The first kappa shape index (κ1) is 24.4. The quantitative estimate of drug-likeness (QED) is 0.0625. The molecule has 10 nitrogen and oxygen atoms in total.